The average Bonchev–Trinajstić information content (AvgIpc) is 3.46. The maximum Gasteiger partial charge on any atom is 0.258 e. The average molecular weight is 591 g/mol. The van der Waals surface area contributed by atoms with Gasteiger partial charge in [0.05, 0.1) is 23.8 Å². The lowest BCUT2D eigenvalue weighted by molar-refractivity contribution is -0.137. The predicted molar refractivity (Wildman–Crippen MR) is 163 cm³/mol. The molecular weight excluding hydrogens is 552 g/mol. The lowest BCUT2D eigenvalue weighted by Crippen LogP contribution is -2.48. The van der Waals surface area contributed by atoms with Gasteiger partial charge in [-0.3, -0.25) is 9.59 Å². The Balaban J connectivity index is 1.40. The van der Waals surface area contributed by atoms with E-state index in [1.807, 2.05) is 52.9 Å². The van der Waals surface area contributed by atoms with Crippen molar-refractivity contribution >= 4 is 50.1 Å². The van der Waals surface area contributed by atoms with Crippen molar-refractivity contribution in [3.63, 3.8) is 0 Å². The largest absolute Gasteiger partial charge is 0.379 e. The van der Waals surface area contributed by atoms with Crippen molar-refractivity contribution in [1.29, 1.82) is 0 Å². The van der Waals surface area contributed by atoms with Gasteiger partial charge in [-0.05, 0) is 70.4 Å². The molecule has 2 amide bonds. The van der Waals surface area contributed by atoms with Crippen LogP contribution in [0.4, 0.5) is 5.69 Å². The topological polar surface area (TPSA) is 92.2 Å². The molecule has 3 aliphatic heterocycles. The number of fused-ring (bicyclic) bond motifs is 2. The van der Waals surface area contributed by atoms with Crippen LogP contribution in [0, 0.1) is 0 Å². The molecule has 10 heteroatoms. The number of rotatable bonds is 6. The number of morpholine rings is 1. The Labute approximate surface area is 247 Å². The van der Waals surface area contributed by atoms with E-state index in [1.165, 1.54) is 4.31 Å². The van der Waals surface area contributed by atoms with E-state index in [9.17, 15) is 18.0 Å². The molecular formula is C32H38N4O5S. The minimum atomic E-state index is -3.74. The van der Waals surface area contributed by atoms with E-state index < -0.39 is 10.0 Å². The van der Waals surface area contributed by atoms with Gasteiger partial charge in [0.1, 0.15) is 6.54 Å². The normalized spacial score (nSPS) is 22.7. The van der Waals surface area contributed by atoms with Gasteiger partial charge in [-0.2, -0.15) is 4.31 Å². The van der Waals surface area contributed by atoms with Gasteiger partial charge in [0, 0.05) is 65.5 Å². The van der Waals surface area contributed by atoms with E-state index in [4.69, 9.17) is 4.74 Å². The summed E-state index contributed by atoms with van der Waals surface area (Å²) in [5, 5.41) is 0.930. The lowest BCUT2D eigenvalue weighted by atomic mass is 9.97. The Hall–Kier alpha value is -3.47. The minimum absolute atomic E-state index is 0.0899. The highest BCUT2D eigenvalue weighted by molar-refractivity contribution is 7.89. The summed E-state index contributed by atoms with van der Waals surface area (Å²) in [6.45, 7) is 8.14. The second kappa shape index (κ2) is 11.3. The van der Waals surface area contributed by atoms with Crippen molar-refractivity contribution in [2.45, 2.75) is 63.6 Å². The Morgan fingerprint density at radius 2 is 1.76 bits per heavy atom. The number of likely N-dealkylation sites (tertiary alicyclic amines) is 1. The fraction of sp³-hybridized carbons (Fsp3) is 0.438. The zero-order valence-electron chi connectivity index (χ0n) is 24.5. The van der Waals surface area contributed by atoms with Crippen LogP contribution in [0.1, 0.15) is 51.2 Å². The molecule has 4 heterocycles. The third kappa shape index (κ3) is 4.95. The van der Waals surface area contributed by atoms with Crippen LogP contribution in [0.3, 0.4) is 0 Å². The number of ether oxygens (including phenoxy) is 1. The summed E-state index contributed by atoms with van der Waals surface area (Å²) in [5.74, 6) is -0.0793. The van der Waals surface area contributed by atoms with Crippen LogP contribution in [-0.2, 0) is 30.9 Å². The third-order valence-electron chi connectivity index (χ3n) is 8.85. The first kappa shape index (κ1) is 28.6. The minimum Gasteiger partial charge on any atom is -0.379 e. The fourth-order valence-electron chi connectivity index (χ4n) is 6.70. The number of hydrogen-bond donors (Lipinski definition) is 0. The number of carbonyl (C=O) groups excluding carboxylic acids is 2. The van der Waals surface area contributed by atoms with E-state index in [1.54, 1.807) is 23.1 Å². The van der Waals surface area contributed by atoms with E-state index >= 15 is 0 Å². The summed E-state index contributed by atoms with van der Waals surface area (Å²) in [6.07, 6.45) is 6.94. The van der Waals surface area contributed by atoms with Crippen molar-refractivity contribution in [3.8, 4) is 0 Å². The zero-order chi connectivity index (χ0) is 29.6. The van der Waals surface area contributed by atoms with Crippen LogP contribution >= 0.6 is 0 Å². The molecule has 1 aromatic heterocycles. The molecule has 0 N–H and O–H groups in total. The van der Waals surface area contributed by atoms with E-state index in [-0.39, 0.29) is 35.3 Å². The van der Waals surface area contributed by atoms with Crippen LogP contribution in [0.5, 0.6) is 0 Å². The molecule has 2 saturated heterocycles. The molecule has 2 fully saturated rings. The van der Waals surface area contributed by atoms with E-state index in [0.29, 0.717) is 49.7 Å². The number of aromatic nitrogens is 1. The monoisotopic (exact) mass is 590 g/mol. The SMILES string of the molecule is CCN1C(=O)/C(=C\c2cn(CC(=O)N3[C@H](C)CCC[C@H]3C)c3ccccc23)c2cc(S(=O)(=O)N3CCOCC3)ccc21. The molecule has 0 spiro atoms. The van der Waals surface area contributed by atoms with Gasteiger partial charge in [0.2, 0.25) is 15.9 Å². The Morgan fingerprint density at radius 1 is 1.05 bits per heavy atom. The fourth-order valence-corrected chi connectivity index (χ4v) is 8.14. The molecule has 0 bridgehead atoms. The van der Waals surface area contributed by atoms with Crippen molar-refractivity contribution < 1.29 is 22.7 Å². The smallest absolute Gasteiger partial charge is 0.258 e. The van der Waals surface area contributed by atoms with Gasteiger partial charge in [-0.1, -0.05) is 18.2 Å². The van der Waals surface area contributed by atoms with Crippen LogP contribution < -0.4 is 4.90 Å². The number of hydrogen-bond acceptors (Lipinski definition) is 5. The second-order valence-electron chi connectivity index (χ2n) is 11.5. The lowest BCUT2D eigenvalue weighted by Gasteiger charge is -2.39. The van der Waals surface area contributed by atoms with Crippen molar-refractivity contribution in [2.24, 2.45) is 0 Å². The highest BCUT2D eigenvalue weighted by Gasteiger charge is 2.35. The highest BCUT2D eigenvalue weighted by Crippen LogP contribution is 2.40. The second-order valence-corrected chi connectivity index (χ2v) is 13.4. The first-order chi connectivity index (χ1) is 20.2. The molecule has 0 radical (unpaired) electrons. The Morgan fingerprint density at radius 3 is 2.48 bits per heavy atom. The standard InChI is InChI=1S/C32H38N4O5S/c1-4-35-30-13-12-25(42(39,40)34-14-16-41-17-15-34)19-27(30)28(32(35)38)18-24-20-33(29-11-6-5-10-26(24)29)21-31(37)36-22(2)8-7-9-23(36)3/h5-6,10-13,18-20,22-23H,4,7-9,14-17,21H2,1-3H3/b28-18-/t22-,23-/m1/s1. The summed E-state index contributed by atoms with van der Waals surface area (Å²) in [6, 6.07) is 13.2. The first-order valence-corrected chi connectivity index (χ1v) is 16.3. The summed E-state index contributed by atoms with van der Waals surface area (Å²) in [7, 11) is -3.74. The van der Waals surface area contributed by atoms with Gasteiger partial charge in [0.15, 0.2) is 0 Å². The van der Waals surface area contributed by atoms with Crippen molar-refractivity contribution in [2.75, 3.05) is 37.7 Å². The summed E-state index contributed by atoms with van der Waals surface area (Å²) in [4.78, 5) is 31.0. The summed E-state index contributed by atoms with van der Waals surface area (Å²) < 4.78 is 35.7. The molecule has 0 saturated carbocycles. The molecule has 2 aromatic carbocycles. The number of anilines is 1. The molecule has 2 atom stereocenters. The first-order valence-electron chi connectivity index (χ1n) is 14.9. The maximum atomic E-state index is 13.7. The molecule has 42 heavy (non-hydrogen) atoms. The molecule has 0 unspecified atom stereocenters. The number of para-hydroxylation sites is 1. The molecule has 0 aliphatic carbocycles. The van der Waals surface area contributed by atoms with Crippen LogP contribution in [0.2, 0.25) is 0 Å². The summed E-state index contributed by atoms with van der Waals surface area (Å²) >= 11 is 0. The summed E-state index contributed by atoms with van der Waals surface area (Å²) in [5.41, 5.74) is 3.46. The predicted octanol–water partition coefficient (Wildman–Crippen LogP) is 4.36. The molecule has 6 rings (SSSR count). The van der Waals surface area contributed by atoms with Crippen molar-refractivity contribution in [1.82, 2.24) is 13.8 Å². The molecule has 3 aliphatic rings. The van der Waals surface area contributed by atoms with Crippen LogP contribution in [-0.4, -0.2) is 78.9 Å². The number of piperidine rings is 1. The Kier molecular flexibility index (Phi) is 7.72. The number of likely N-dealkylation sites (N-methyl/N-ethyl adjacent to an activating group) is 1. The van der Waals surface area contributed by atoms with Gasteiger partial charge in [0.25, 0.3) is 5.91 Å². The number of carbonyl (C=O) groups is 2. The van der Waals surface area contributed by atoms with E-state index in [0.717, 1.165) is 35.7 Å². The quantitative estimate of drug-likeness (QED) is 0.398. The zero-order valence-corrected chi connectivity index (χ0v) is 25.3. The van der Waals surface area contributed by atoms with Crippen LogP contribution in [0.25, 0.3) is 22.6 Å². The maximum absolute atomic E-state index is 13.7. The number of benzene rings is 2. The molecule has 9 nitrogen and oxygen atoms in total. The number of sulfonamides is 1. The number of amides is 2. The van der Waals surface area contributed by atoms with Gasteiger partial charge in [-0.25, -0.2) is 8.42 Å². The number of nitrogens with zero attached hydrogens (tertiary/aromatic N) is 4. The van der Waals surface area contributed by atoms with E-state index in [2.05, 4.69) is 13.8 Å². The molecule has 3 aromatic rings. The Bertz CT molecular complexity index is 1660. The van der Waals surface area contributed by atoms with Crippen molar-refractivity contribution in [3.05, 3.63) is 59.8 Å². The van der Waals surface area contributed by atoms with Crippen LogP contribution in [0.15, 0.2) is 53.6 Å². The third-order valence-corrected chi connectivity index (χ3v) is 10.7. The molecule has 222 valence electrons. The van der Waals surface area contributed by atoms with Gasteiger partial charge >= 0.3 is 0 Å². The highest BCUT2D eigenvalue weighted by atomic mass is 32.2. The van der Waals surface area contributed by atoms with Gasteiger partial charge in [-0.15, -0.1) is 0 Å². The van der Waals surface area contributed by atoms with Gasteiger partial charge < -0.3 is 19.1 Å².